The molecule has 118 valence electrons. The van der Waals surface area contributed by atoms with Crippen molar-refractivity contribution in [2.45, 2.75) is 20.4 Å². The number of carbonyl (C=O) groups excluding carboxylic acids is 1. The molecule has 0 spiro atoms. The van der Waals surface area contributed by atoms with E-state index in [2.05, 4.69) is 15.1 Å². The summed E-state index contributed by atoms with van der Waals surface area (Å²) in [4.78, 5) is 30.6. The van der Waals surface area contributed by atoms with Crippen molar-refractivity contribution in [2.24, 2.45) is 5.18 Å². The van der Waals surface area contributed by atoms with Crippen LogP contribution in [-0.4, -0.2) is 22.5 Å². The molecule has 0 aliphatic heterocycles. The second-order valence-electron chi connectivity index (χ2n) is 5.02. The van der Waals surface area contributed by atoms with E-state index in [-0.39, 0.29) is 12.5 Å². The zero-order chi connectivity index (χ0) is 16.4. The SMILES string of the molecule is CCOC(=O)c1sc(-c2ccc3[nH]cc(CN=O)c3c2)nc1C. The number of carbonyl (C=O) groups is 1. The van der Waals surface area contributed by atoms with Crippen LogP contribution in [0.3, 0.4) is 0 Å². The molecule has 0 fully saturated rings. The van der Waals surface area contributed by atoms with Gasteiger partial charge < -0.3 is 9.72 Å². The summed E-state index contributed by atoms with van der Waals surface area (Å²) >= 11 is 1.31. The minimum absolute atomic E-state index is 0.119. The van der Waals surface area contributed by atoms with Gasteiger partial charge in [-0.05, 0) is 32.0 Å². The standard InChI is InChI=1S/C16H15N3O3S/c1-3-22-16(20)14-9(2)19-15(23-14)10-4-5-13-12(6-10)11(7-17-13)8-18-21/h4-7,17H,3,8H2,1-2H3. The van der Waals surface area contributed by atoms with Gasteiger partial charge in [0.05, 0.1) is 12.3 Å². The fourth-order valence-electron chi connectivity index (χ4n) is 2.42. The smallest absolute Gasteiger partial charge is 0.350 e. The number of nitrogens with zero attached hydrogens (tertiary/aromatic N) is 2. The Bertz CT molecular complexity index is 882. The summed E-state index contributed by atoms with van der Waals surface area (Å²) in [6, 6.07) is 5.82. The van der Waals surface area contributed by atoms with Crippen LogP contribution in [-0.2, 0) is 11.3 Å². The summed E-state index contributed by atoms with van der Waals surface area (Å²) in [5.74, 6) is -0.345. The normalized spacial score (nSPS) is 10.9. The molecule has 23 heavy (non-hydrogen) atoms. The molecule has 0 amide bonds. The van der Waals surface area contributed by atoms with E-state index in [0.29, 0.717) is 17.2 Å². The predicted octanol–water partition coefficient (Wildman–Crippen LogP) is 4.04. The molecule has 0 saturated heterocycles. The monoisotopic (exact) mass is 329 g/mol. The topological polar surface area (TPSA) is 84.4 Å². The van der Waals surface area contributed by atoms with Crippen LogP contribution in [0.25, 0.3) is 21.5 Å². The number of aromatic amines is 1. The lowest BCUT2D eigenvalue weighted by atomic mass is 10.1. The predicted molar refractivity (Wildman–Crippen MR) is 89.6 cm³/mol. The highest BCUT2D eigenvalue weighted by Crippen LogP contribution is 2.31. The lowest BCUT2D eigenvalue weighted by Crippen LogP contribution is -2.03. The third-order valence-corrected chi connectivity index (χ3v) is 4.69. The first kappa shape index (κ1) is 15.4. The van der Waals surface area contributed by atoms with Gasteiger partial charge in [-0.1, -0.05) is 5.18 Å². The van der Waals surface area contributed by atoms with Gasteiger partial charge in [-0.25, -0.2) is 9.78 Å². The van der Waals surface area contributed by atoms with Crippen molar-refractivity contribution in [3.05, 3.63) is 45.4 Å². The molecule has 0 aliphatic rings. The lowest BCUT2D eigenvalue weighted by molar-refractivity contribution is 0.0531. The zero-order valence-electron chi connectivity index (χ0n) is 12.8. The number of esters is 1. The summed E-state index contributed by atoms with van der Waals surface area (Å²) in [5, 5.41) is 4.63. The molecule has 2 aromatic heterocycles. The van der Waals surface area contributed by atoms with Gasteiger partial charge in [0.1, 0.15) is 16.4 Å². The van der Waals surface area contributed by atoms with E-state index in [4.69, 9.17) is 4.74 Å². The number of nitroso groups, excluding NO2 is 1. The number of hydrogen-bond acceptors (Lipinski definition) is 6. The molecule has 1 aromatic carbocycles. The maximum atomic E-state index is 11.9. The van der Waals surface area contributed by atoms with Gasteiger partial charge in [0.2, 0.25) is 0 Å². The Hall–Kier alpha value is -2.54. The second-order valence-corrected chi connectivity index (χ2v) is 6.01. The summed E-state index contributed by atoms with van der Waals surface area (Å²) in [7, 11) is 0. The van der Waals surface area contributed by atoms with E-state index in [9.17, 15) is 9.70 Å². The molecular weight excluding hydrogens is 314 g/mol. The first-order valence-corrected chi connectivity index (χ1v) is 7.99. The van der Waals surface area contributed by atoms with Crippen LogP contribution in [0.1, 0.15) is 27.9 Å². The van der Waals surface area contributed by atoms with Crippen LogP contribution in [0.4, 0.5) is 0 Å². The first-order chi connectivity index (χ1) is 11.1. The molecule has 2 heterocycles. The van der Waals surface area contributed by atoms with Gasteiger partial charge in [-0.15, -0.1) is 11.3 Å². The Kier molecular flexibility index (Phi) is 4.20. The van der Waals surface area contributed by atoms with E-state index in [0.717, 1.165) is 27.0 Å². The van der Waals surface area contributed by atoms with Crippen LogP contribution in [0, 0.1) is 11.8 Å². The summed E-state index contributed by atoms with van der Waals surface area (Å²) in [5.41, 5.74) is 3.34. The third-order valence-electron chi connectivity index (χ3n) is 3.51. The average Bonchev–Trinajstić information content (AvgIpc) is 3.11. The molecular formula is C16H15N3O3S. The fraction of sp³-hybridized carbons (Fsp3) is 0.250. The Labute approximate surface area is 136 Å². The van der Waals surface area contributed by atoms with Crippen molar-refractivity contribution in [2.75, 3.05) is 6.61 Å². The molecule has 6 nitrogen and oxygen atoms in total. The van der Waals surface area contributed by atoms with Gasteiger partial charge >= 0.3 is 5.97 Å². The zero-order valence-corrected chi connectivity index (χ0v) is 13.6. The van der Waals surface area contributed by atoms with Gasteiger partial charge in [-0.3, -0.25) is 0 Å². The Morgan fingerprint density at radius 3 is 3.00 bits per heavy atom. The van der Waals surface area contributed by atoms with Crippen molar-refractivity contribution in [1.82, 2.24) is 9.97 Å². The number of fused-ring (bicyclic) bond motifs is 1. The van der Waals surface area contributed by atoms with Crippen LogP contribution in [0.2, 0.25) is 0 Å². The number of aryl methyl sites for hydroxylation is 1. The minimum atomic E-state index is -0.345. The van der Waals surface area contributed by atoms with Crippen LogP contribution < -0.4 is 0 Å². The van der Waals surface area contributed by atoms with Crippen LogP contribution in [0.5, 0.6) is 0 Å². The minimum Gasteiger partial charge on any atom is -0.462 e. The number of ether oxygens (including phenoxy) is 1. The molecule has 0 aliphatic carbocycles. The highest BCUT2D eigenvalue weighted by molar-refractivity contribution is 7.17. The maximum Gasteiger partial charge on any atom is 0.350 e. The summed E-state index contributed by atoms with van der Waals surface area (Å²) in [6.07, 6.45) is 1.78. The van der Waals surface area contributed by atoms with Crippen molar-refractivity contribution in [1.29, 1.82) is 0 Å². The van der Waals surface area contributed by atoms with E-state index in [1.165, 1.54) is 11.3 Å². The van der Waals surface area contributed by atoms with Crippen molar-refractivity contribution in [3.8, 4) is 10.6 Å². The highest BCUT2D eigenvalue weighted by atomic mass is 32.1. The van der Waals surface area contributed by atoms with Crippen LogP contribution >= 0.6 is 11.3 Å². The lowest BCUT2D eigenvalue weighted by Gasteiger charge is -1.99. The number of nitrogens with one attached hydrogen (secondary N) is 1. The first-order valence-electron chi connectivity index (χ1n) is 7.18. The molecule has 3 aromatic rings. The number of H-pyrrole nitrogens is 1. The number of rotatable bonds is 5. The van der Waals surface area contributed by atoms with E-state index in [1.807, 2.05) is 18.2 Å². The molecule has 3 rings (SSSR count). The number of benzene rings is 1. The Morgan fingerprint density at radius 1 is 1.43 bits per heavy atom. The van der Waals surface area contributed by atoms with Crippen molar-refractivity contribution < 1.29 is 9.53 Å². The molecule has 7 heteroatoms. The van der Waals surface area contributed by atoms with E-state index >= 15 is 0 Å². The number of hydrogen-bond donors (Lipinski definition) is 1. The molecule has 0 unspecified atom stereocenters. The van der Waals surface area contributed by atoms with Gasteiger partial charge in [-0.2, -0.15) is 4.91 Å². The van der Waals surface area contributed by atoms with E-state index in [1.54, 1.807) is 20.0 Å². The largest absolute Gasteiger partial charge is 0.462 e. The molecule has 0 bridgehead atoms. The van der Waals surface area contributed by atoms with Gasteiger partial charge in [0.25, 0.3) is 0 Å². The highest BCUT2D eigenvalue weighted by Gasteiger charge is 2.17. The van der Waals surface area contributed by atoms with Crippen LogP contribution in [0.15, 0.2) is 29.6 Å². The summed E-state index contributed by atoms with van der Waals surface area (Å²) < 4.78 is 5.05. The Morgan fingerprint density at radius 2 is 2.26 bits per heavy atom. The second kappa shape index (κ2) is 6.29. The quantitative estimate of drug-likeness (QED) is 0.565. The number of thiazole rings is 1. The van der Waals surface area contributed by atoms with Crippen molar-refractivity contribution in [3.63, 3.8) is 0 Å². The number of aromatic nitrogens is 2. The maximum absolute atomic E-state index is 11.9. The fourth-order valence-corrected chi connectivity index (χ4v) is 3.37. The molecule has 0 saturated carbocycles. The third kappa shape index (κ3) is 2.87. The average molecular weight is 329 g/mol. The molecule has 0 atom stereocenters. The molecule has 0 radical (unpaired) electrons. The van der Waals surface area contributed by atoms with Crippen molar-refractivity contribution >= 4 is 28.2 Å². The Balaban J connectivity index is 2.03. The molecule has 1 N–H and O–H groups in total. The summed E-state index contributed by atoms with van der Waals surface area (Å²) in [6.45, 7) is 4.03. The van der Waals surface area contributed by atoms with Gasteiger partial charge in [0, 0.05) is 28.2 Å². The van der Waals surface area contributed by atoms with E-state index < -0.39 is 0 Å². The van der Waals surface area contributed by atoms with Gasteiger partial charge in [0.15, 0.2) is 0 Å².